The molecule has 0 aliphatic carbocycles. The second kappa shape index (κ2) is 15.9. The van der Waals surface area contributed by atoms with Gasteiger partial charge in [-0.15, -0.1) is 24.0 Å². The minimum Gasteiger partial charge on any atom is -0.497 e. The predicted molar refractivity (Wildman–Crippen MR) is 125 cm³/mol. The van der Waals surface area contributed by atoms with Crippen LogP contribution in [0.4, 0.5) is 0 Å². The molecule has 0 aromatic heterocycles. The fourth-order valence-electron chi connectivity index (χ4n) is 2.62. The predicted octanol–water partition coefficient (Wildman–Crippen LogP) is 3.29. The van der Waals surface area contributed by atoms with Crippen molar-refractivity contribution in [3.05, 3.63) is 29.8 Å². The molecule has 0 amide bonds. The van der Waals surface area contributed by atoms with Crippen LogP contribution < -0.4 is 15.4 Å². The Morgan fingerprint density at radius 1 is 1.19 bits per heavy atom. The van der Waals surface area contributed by atoms with E-state index in [2.05, 4.69) is 48.7 Å². The van der Waals surface area contributed by atoms with Gasteiger partial charge >= 0.3 is 0 Å². The zero-order chi connectivity index (χ0) is 19.2. The van der Waals surface area contributed by atoms with Gasteiger partial charge in [-0.05, 0) is 58.5 Å². The SMILES string of the molecule is CCNC(=NCC(c1cccc(OC)c1)N(C)C)NCCCCOCC.I. The maximum Gasteiger partial charge on any atom is 0.191 e. The van der Waals surface area contributed by atoms with Gasteiger partial charge in [0.1, 0.15) is 5.75 Å². The van der Waals surface area contributed by atoms with E-state index in [9.17, 15) is 0 Å². The summed E-state index contributed by atoms with van der Waals surface area (Å²) in [6.45, 7) is 8.13. The Labute approximate surface area is 182 Å². The summed E-state index contributed by atoms with van der Waals surface area (Å²) in [6.07, 6.45) is 2.13. The molecule has 1 aromatic carbocycles. The molecule has 0 bridgehead atoms. The number of guanidine groups is 1. The number of unbranched alkanes of at least 4 members (excludes halogenated alkanes) is 1. The molecule has 0 saturated carbocycles. The lowest BCUT2D eigenvalue weighted by Gasteiger charge is -2.24. The molecule has 0 aliphatic rings. The van der Waals surface area contributed by atoms with E-state index in [1.807, 2.05) is 19.1 Å². The van der Waals surface area contributed by atoms with E-state index in [0.717, 1.165) is 50.9 Å². The number of likely N-dealkylation sites (N-methyl/N-ethyl adjacent to an activating group) is 1. The van der Waals surface area contributed by atoms with Gasteiger partial charge in [-0.2, -0.15) is 0 Å². The van der Waals surface area contributed by atoms with Crippen molar-refractivity contribution < 1.29 is 9.47 Å². The number of nitrogens with one attached hydrogen (secondary N) is 2. The molecule has 27 heavy (non-hydrogen) atoms. The first-order valence-corrected chi connectivity index (χ1v) is 9.52. The standard InChI is InChI=1S/C20H36N4O2.HI/c1-6-21-20(22-13-8-9-14-26-7-2)23-16-19(24(3)4)17-11-10-12-18(15-17)25-5;/h10-12,15,19H,6-9,13-14,16H2,1-5H3,(H2,21,22,23);1H. The molecule has 0 radical (unpaired) electrons. The van der Waals surface area contributed by atoms with Crippen LogP contribution in [-0.4, -0.2) is 64.9 Å². The molecular formula is C20H37IN4O2. The number of ether oxygens (including phenoxy) is 2. The number of benzene rings is 1. The van der Waals surface area contributed by atoms with Gasteiger partial charge in [0.2, 0.25) is 0 Å². The molecule has 7 heteroatoms. The Hall–Kier alpha value is -1.06. The highest BCUT2D eigenvalue weighted by molar-refractivity contribution is 14.0. The van der Waals surface area contributed by atoms with Crippen LogP contribution in [0.2, 0.25) is 0 Å². The first kappa shape index (κ1) is 25.9. The molecule has 1 unspecified atom stereocenters. The van der Waals surface area contributed by atoms with E-state index in [1.165, 1.54) is 5.56 Å². The normalized spacial score (nSPS) is 12.4. The van der Waals surface area contributed by atoms with Crippen LogP contribution in [0.1, 0.15) is 38.3 Å². The van der Waals surface area contributed by atoms with Gasteiger partial charge in [-0.1, -0.05) is 12.1 Å². The topological polar surface area (TPSA) is 58.1 Å². The van der Waals surface area contributed by atoms with Gasteiger partial charge in [-0.3, -0.25) is 4.99 Å². The van der Waals surface area contributed by atoms with E-state index >= 15 is 0 Å². The van der Waals surface area contributed by atoms with E-state index in [1.54, 1.807) is 7.11 Å². The van der Waals surface area contributed by atoms with Crippen LogP contribution in [0.15, 0.2) is 29.3 Å². The largest absolute Gasteiger partial charge is 0.497 e. The van der Waals surface area contributed by atoms with Crippen LogP contribution >= 0.6 is 24.0 Å². The van der Waals surface area contributed by atoms with Crippen LogP contribution in [0.25, 0.3) is 0 Å². The number of aliphatic imine (C=N–C) groups is 1. The highest BCUT2D eigenvalue weighted by atomic mass is 127. The monoisotopic (exact) mass is 492 g/mol. The number of nitrogens with zero attached hydrogens (tertiary/aromatic N) is 2. The molecule has 6 nitrogen and oxygen atoms in total. The Morgan fingerprint density at radius 3 is 2.59 bits per heavy atom. The van der Waals surface area contributed by atoms with Gasteiger partial charge in [0.05, 0.1) is 19.7 Å². The first-order valence-electron chi connectivity index (χ1n) is 9.52. The zero-order valence-electron chi connectivity index (χ0n) is 17.5. The second-order valence-electron chi connectivity index (χ2n) is 6.31. The number of hydrogen-bond acceptors (Lipinski definition) is 4. The highest BCUT2D eigenvalue weighted by Gasteiger charge is 2.14. The Morgan fingerprint density at radius 2 is 1.96 bits per heavy atom. The minimum absolute atomic E-state index is 0. The molecule has 156 valence electrons. The third-order valence-electron chi connectivity index (χ3n) is 4.08. The average Bonchev–Trinajstić information content (AvgIpc) is 2.64. The van der Waals surface area contributed by atoms with Crippen molar-refractivity contribution in [1.82, 2.24) is 15.5 Å². The summed E-state index contributed by atoms with van der Waals surface area (Å²) >= 11 is 0. The van der Waals surface area contributed by atoms with Crippen molar-refractivity contribution in [3.63, 3.8) is 0 Å². The van der Waals surface area contributed by atoms with Crippen LogP contribution in [-0.2, 0) is 4.74 Å². The maximum atomic E-state index is 5.37. The smallest absolute Gasteiger partial charge is 0.191 e. The number of rotatable bonds is 12. The second-order valence-corrected chi connectivity index (χ2v) is 6.31. The van der Waals surface area contributed by atoms with Crippen molar-refractivity contribution in [1.29, 1.82) is 0 Å². The van der Waals surface area contributed by atoms with Crippen molar-refractivity contribution in [2.45, 2.75) is 32.7 Å². The summed E-state index contributed by atoms with van der Waals surface area (Å²) in [5, 5.41) is 6.72. The molecule has 1 atom stereocenters. The summed E-state index contributed by atoms with van der Waals surface area (Å²) < 4.78 is 10.7. The minimum atomic E-state index is 0. The van der Waals surface area contributed by atoms with Gasteiger partial charge < -0.3 is 25.0 Å². The van der Waals surface area contributed by atoms with Gasteiger partial charge in [0.15, 0.2) is 5.96 Å². The number of halogens is 1. The number of methoxy groups -OCH3 is 1. The van der Waals surface area contributed by atoms with E-state index in [-0.39, 0.29) is 30.0 Å². The fraction of sp³-hybridized carbons (Fsp3) is 0.650. The Bertz CT molecular complexity index is 526. The van der Waals surface area contributed by atoms with Gasteiger partial charge in [0, 0.05) is 26.3 Å². The average molecular weight is 492 g/mol. The molecule has 0 saturated heterocycles. The molecule has 0 heterocycles. The van der Waals surface area contributed by atoms with Crippen molar-refractivity contribution in [2.75, 3.05) is 54.1 Å². The molecule has 1 rings (SSSR count). The van der Waals surface area contributed by atoms with E-state index in [4.69, 9.17) is 14.5 Å². The van der Waals surface area contributed by atoms with Crippen molar-refractivity contribution in [2.24, 2.45) is 4.99 Å². The van der Waals surface area contributed by atoms with Crippen LogP contribution in [0.5, 0.6) is 5.75 Å². The summed E-state index contributed by atoms with van der Waals surface area (Å²) in [6, 6.07) is 8.38. The molecule has 0 spiro atoms. The van der Waals surface area contributed by atoms with Gasteiger partial charge in [0.25, 0.3) is 0 Å². The van der Waals surface area contributed by atoms with E-state index in [0.29, 0.717) is 6.54 Å². The summed E-state index contributed by atoms with van der Waals surface area (Å²) in [4.78, 5) is 6.97. The number of hydrogen-bond donors (Lipinski definition) is 2. The summed E-state index contributed by atoms with van der Waals surface area (Å²) in [7, 11) is 5.85. The van der Waals surface area contributed by atoms with Gasteiger partial charge in [-0.25, -0.2) is 0 Å². The molecule has 0 fully saturated rings. The molecular weight excluding hydrogens is 455 g/mol. The maximum absolute atomic E-state index is 5.37. The molecule has 2 N–H and O–H groups in total. The summed E-state index contributed by atoms with van der Waals surface area (Å²) in [5.74, 6) is 1.73. The molecule has 1 aromatic rings. The fourth-order valence-corrected chi connectivity index (χ4v) is 2.62. The summed E-state index contributed by atoms with van der Waals surface area (Å²) in [5.41, 5.74) is 1.20. The highest BCUT2D eigenvalue weighted by Crippen LogP contribution is 2.22. The zero-order valence-corrected chi connectivity index (χ0v) is 19.8. The Balaban J connectivity index is 0.00000676. The first-order chi connectivity index (χ1) is 12.6. The third-order valence-corrected chi connectivity index (χ3v) is 4.08. The Kier molecular flexibility index (Phi) is 15.3. The van der Waals surface area contributed by atoms with Crippen molar-refractivity contribution >= 4 is 29.9 Å². The molecule has 0 aliphatic heterocycles. The lowest BCUT2D eigenvalue weighted by Crippen LogP contribution is -2.38. The quantitative estimate of drug-likeness (QED) is 0.203. The lowest BCUT2D eigenvalue weighted by molar-refractivity contribution is 0.143. The van der Waals surface area contributed by atoms with Crippen molar-refractivity contribution in [3.8, 4) is 5.75 Å². The third kappa shape index (κ3) is 10.8. The van der Waals surface area contributed by atoms with Crippen LogP contribution in [0, 0.1) is 0 Å². The van der Waals surface area contributed by atoms with Crippen LogP contribution in [0.3, 0.4) is 0 Å². The van der Waals surface area contributed by atoms with E-state index < -0.39 is 0 Å². The lowest BCUT2D eigenvalue weighted by atomic mass is 10.1.